The van der Waals surface area contributed by atoms with Gasteiger partial charge in [0.2, 0.25) is 5.82 Å². The molecular weight excluding hydrogens is 356 g/mol. The van der Waals surface area contributed by atoms with E-state index in [1.807, 2.05) is 31.2 Å². The third kappa shape index (κ3) is 3.94. The maximum atomic E-state index is 12.3. The van der Waals surface area contributed by atoms with E-state index in [-0.39, 0.29) is 11.8 Å². The minimum Gasteiger partial charge on any atom is -0.452 e. The molecule has 3 aromatic rings. The van der Waals surface area contributed by atoms with Crippen LogP contribution in [0.4, 0.5) is 0 Å². The zero-order valence-corrected chi connectivity index (χ0v) is 16.4. The molecule has 1 N–H and O–H groups in total. The topological polar surface area (TPSA) is 84.4 Å². The number of para-hydroxylation sites is 1. The number of amides is 1. The number of fused-ring (bicyclic) bond motifs is 1. The summed E-state index contributed by atoms with van der Waals surface area (Å²) in [5.74, 6) is 1.20. The Morgan fingerprint density at radius 2 is 2.21 bits per heavy atom. The first-order chi connectivity index (χ1) is 13.6. The summed E-state index contributed by atoms with van der Waals surface area (Å²) in [6, 6.07) is 7.74. The van der Waals surface area contributed by atoms with Gasteiger partial charge in [0.15, 0.2) is 5.76 Å². The molecule has 1 aromatic carbocycles. The van der Waals surface area contributed by atoms with Crippen molar-refractivity contribution >= 4 is 16.9 Å². The molecular formula is C21H26N4O3. The van der Waals surface area contributed by atoms with E-state index >= 15 is 0 Å². The van der Waals surface area contributed by atoms with Gasteiger partial charge in [0.05, 0.1) is 0 Å². The van der Waals surface area contributed by atoms with Crippen molar-refractivity contribution < 1.29 is 13.7 Å². The summed E-state index contributed by atoms with van der Waals surface area (Å²) in [7, 11) is 0. The van der Waals surface area contributed by atoms with Crippen molar-refractivity contribution in [2.75, 3.05) is 26.2 Å². The number of nitrogens with one attached hydrogen (secondary N) is 1. The van der Waals surface area contributed by atoms with E-state index in [9.17, 15) is 4.79 Å². The lowest BCUT2D eigenvalue weighted by molar-refractivity contribution is 0.0906. The number of hydrogen-bond donors (Lipinski definition) is 1. The summed E-state index contributed by atoms with van der Waals surface area (Å²) >= 11 is 0. The van der Waals surface area contributed by atoms with Crippen molar-refractivity contribution in [2.45, 2.75) is 33.1 Å². The van der Waals surface area contributed by atoms with E-state index in [2.05, 4.69) is 27.3 Å². The summed E-state index contributed by atoms with van der Waals surface area (Å²) in [5, 5.41) is 7.79. The van der Waals surface area contributed by atoms with Gasteiger partial charge < -0.3 is 19.2 Å². The van der Waals surface area contributed by atoms with Gasteiger partial charge >= 0.3 is 11.8 Å². The van der Waals surface area contributed by atoms with Crippen molar-refractivity contribution in [3.05, 3.63) is 35.7 Å². The van der Waals surface area contributed by atoms with Gasteiger partial charge in [0.25, 0.3) is 0 Å². The predicted octanol–water partition coefficient (Wildman–Crippen LogP) is 3.64. The number of carbonyl (C=O) groups excluding carboxylic acids is 1. The Labute approximate surface area is 164 Å². The van der Waals surface area contributed by atoms with Crippen LogP contribution in [0, 0.1) is 12.8 Å². The van der Waals surface area contributed by atoms with Gasteiger partial charge in [-0.1, -0.05) is 30.3 Å². The zero-order valence-electron chi connectivity index (χ0n) is 16.4. The Morgan fingerprint density at radius 3 is 3.04 bits per heavy atom. The third-order valence-corrected chi connectivity index (χ3v) is 5.34. The highest BCUT2D eigenvalue weighted by Gasteiger charge is 2.21. The van der Waals surface area contributed by atoms with Crippen LogP contribution in [0.15, 0.2) is 33.2 Å². The lowest BCUT2D eigenvalue weighted by Crippen LogP contribution is -2.36. The second kappa shape index (κ2) is 8.14. The molecule has 7 heteroatoms. The maximum absolute atomic E-state index is 12.3. The van der Waals surface area contributed by atoms with Crippen molar-refractivity contribution in [3.63, 3.8) is 0 Å². The predicted molar refractivity (Wildman–Crippen MR) is 106 cm³/mol. The molecule has 0 aliphatic carbocycles. The van der Waals surface area contributed by atoms with Gasteiger partial charge in [-0.3, -0.25) is 4.79 Å². The van der Waals surface area contributed by atoms with Crippen LogP contribution < -0.4 is 5.32 Å². The van der Waals surface area contributed by atoms with E-state index in [1.54, 1.807) is 0 Å². The third-order valence-electron chi connectivity index (χ3n) is 5.34. The molecule has 1 unspecified atom stereocenters. The van der Waals surface area contributed by atoms with Gasteiger partial charge in [0.1, 0.15) is 5.58 Å². The molecule has 0 bridgehead atoms. The van der Waals surface area contributed by atoms with Crippen LogP contribution >= 0.6 is 0 Å². The maximum Gasteiger partial charge on any atom is 0.316 e. The fourth-order valence-corrected chi connectivity index (χ4v) is 3.87. The molecule has 1 amide bonds. The molecule has 1 atom stereocenters. The van der Waals surface area contributed by atoms with Crippen molar-refractivity contribution in [1.82, 2.24) is 20.4 Å². The van der Waals surface area contributed by atoms with Crippen LogP contribution in [-0.4, -0.2) is 47.1 Å². The Morgan fingerprint density at radius 1 is 1.36 bits per heavy atom. The molecule has 148 valence electrons. The van der Waals surface area contributed by atoms with E-state index in [0.29, 0.717) is 18.1 Å². The number of rotatable bonds is 6. The smallest absolute Gasteiger partial charge is 0.316 e. The number of furan rings is 1. The average molecular weight is 382 g/mol. The van der Waals surface area contributed by atoms with Crippen LogP contribution in [0.3, 0.4) is 0 Å². The number of benzene rings is 1. The monoisotopic (exact) mass is 382 g/mol. The number of likely N-dealkylation sites (tertiary alicyclic amines) is 1. The van der Waals surface area contributed by atoms with Gasteiger partial charge in [-0.15, -0.1) is 0 Å². The number of hydrogen-bond acceptors (Lipinski definition) is 6. The Kier molecular flexibility index (Phi) is 5.43. The highest BCUT2D eigenvalue weighted by atomic mass is 16.5. The number of aryl methyl sites for hydroxylation is 1. The Hall–Kier alpha value is -2.67. The second-order valence-corrected chi connectivity index (χ2v) is 7.63. The van der Waals surface area contributed by atoms with Gasteiger partial charge in [0, 0.05) is 24.0 Å². The van der Waals surface area contributed by atoms with Crippen LogP contribution in [0.5, 0.6) is 0 Å². The fourth-order valence-electron chi connectivity index (χ4n) is 3.87. The zero-order chi connectivity index (χ0) is 19.5. The summed E-state index contributed by atoms with van der Waals surface area (Å²) < 4.78 is 11.0. The highest BCUT2D eigenvalue weighted by Crippen LogP contribution is 2.31. The quantitative estimate of drug-likeness (QED) is 0.655. The molecule has 1 aliphatic heterocycles. The van der Waals surface area contributed by atoms with Gasteiger partial charge in [-0.25, -0.2) is 0 Å². The van der Waals surface area contributed by atoms with Crippen molar-refractivity contribution in [3.8, 4) is 11.6 Å². The second-order valence-electron chi connectivity index (χ2n) is 7.63. The minimum absolute atomic E-state index is 0.0403. The normalized spacial score (nSPS) is 17.9. The van der Waals surface area contributed by atoms with E-state index in [1.165, 1.54) is 12.8 Å². The molecule has 1 aliphatic rings. The molecule has 0 saturated carbocycles. The fraction of sp³-hybridized carbons (Fsp3) is 0.476. The molecule has 0 radical (unpaired) electrons. The molecule has 1 fully saturated rings. The van der Waals surface area contributed by atoms with Crippen LogP contribution in [0.2, 0.25) is 0 Å². The van der Waals surface area contributed by atoms with Crippen LogP contribution in [0.1, 0.15) is 42.4 Å². The molecule has 3 heterocycles. The number of aromatic nitrogens is 2. The number of carbonyl (C=O) groups is 1. The number of piperidine rings is 1. The Balaban J connectivity index is 1.33. The summed E-state index contributed by atoms with van der Waals surface area (Å²) in [4.78, 5) is 19.0. The lowest BCUT2D eigenvalue weighted by atomic mass is 10.0. The van der Waals surface area contributed by atoms with Crippen LogP contribution in [0.25, 0.3) is 22.6 Å². The summed E-state index contributed by atoms with van der Waals surface area (Å²) in [5.41, 5.74) is 1.69. The summed E-state index contributed by atoms with van der Waals surface area (Å²) in [6.45, 7) is 8.13. The van der Waals surface area contributed by atoms with E-state index < -0.39 is 0 Å². The highest BCUT2D eigenvalue weighted by molar-refractivity contribution is 5.90. The van der Waals surface area contributed by atoms with Crippen molar-refractivity contribution in [2.24, 2.45) is 5.92 Å². The average Bonchev–Trinajstić information content (AvgIpc) is 3.31. The summed E-state index contributed by atoms with van der Waals surface area (Å²) in [6.07, 6.45) is 3.49. The molecule has 2 aromatic heterocycles. The van der Waals surface area contributed by atoms with Crippen LogP contribution in [-0.2, 0) is 0 Å². The van der Waals surface area contributed by atoms with Gasteiger partial charge in [-0.05, 0) is 51.3 Å². The first-order valence-electron chi connectivity index (χ1n) is 9.94. The molecule has 0 spiro atoms. The standard InChI is InChI=1S/C21H26N4O3/c1-14-7-5-11-25(13-14)12-6-10-22-20(26)21-23-19(24-28-21)18-15(2)16-8-3-4-9-17(16)27-18/h3-4,8-9,14H,5-7,10-13H2,1-2H3,(H,22,26). The van der Waals surface area contributed by atoms with Gasteiger partial charge in [-0.2, -0.15) is 4.98 Å². The Bertz CT molecular complexity index is 962. The first-order valence-corrected chi connectivity index (χ1v) is 9.94. The lowest BCUT2D eigenvalue weighted by Gasteiger charge is -2.30. The molecule has 28 heavy (non-hydrogen) atoms. The van der Waals surface area contributed by atoms with E-state index in [4.69, 9.17) is 8.94 Å². The molecule has 1 saturated heterocycles. The van der Waals surface area contributed by atoms with Crippen molar-refractivity contribution in [1.29, 1.82) is 0 Å². The first kappa shape index (κ1) is 18.7. The largest absolute Gasteiger partial charge is 0.452 e. The molecule has 4 rings (SSSR count). The molecule has 7 nitrogen and oxygen atoms in total. The number of nitrogens with zero attached hydrogens (tertiary/aromatic N) is 3. The minimum atomic E-state index is -0.348. The SMILES string of the molecule is Cc1c(-c2noc(C(=O)NCCCN3CCCC(C)C3)n2)oc2ccccc12. The van der Waals surface area contributed by atoms with E-state index in [0.717, 1.165) is 48.5 Å².